The van der Waals surface area contributed by atoms with Crippen LogP contribution in [0.2, 0.25) is 0 Å². The Kier molecular flexibility index (Phi) is 5.92. The van der Waals surface area contributed by atoms with Gasteiger partial charge in [0, 0.05) is 0 Å². The fourth-order valence-corrected chi connectivity index (χ4v) is 2.22. The molecule has 23 heavy (non-hydrogen) atoms. The van der Waals surface area contributed by atoms with E-state index in [1.54, 1.807) is 6.21 Å². The first-order valence-electron chi connectivity index (χ1n) is 7.69. The van der Waals surface area contributed by atoms with Gasteiger partial charge < -0.3 is 4.74 Å². The van der Waals surface area contributed by atoms with Gasteiger partial charge in [0.25, 0.3) is 5.91 Å². The minimum atomic E-state index is -0.286. The molecular weight excluding hydrogens is 288 g/mol. The Balaban J connectivity index is 1.81. The Hall–Kier alpha value is -2.62. The number of hydrazone groups is 1. The van der Waals surface area contributed by atoms with Crippen LogP contribution in [0.5, 0.6) is 5.75 Å². The van der Waals surface area contributed by atoms with E-state index in [1.807, 2.05) is 50.2 Å². The average Bonchev–Trinajstić information content (AvgIpc) is 2.53. The van der Waals surface area contributed by atoms with Gasteiger partial charge in [0.05, 0.1) is 6.21 Å². The summed E-state index contributed by atoms with van der Waals surface area (Å²) in [6.07, 6.45) is 2.62. The van der Waals surface area contributed by atoms with Crippen molar-refractivity contribution in [2.45, 2.75) is 27.2 Å². The van der Waals surface area contributed by atoms with Crippen molar-refractivity contribution in [3.05, 3.63) is 64.7 Å². The van der Waals surface area contributed by atoms with Gasteiger partial charge in [-0.2, -0.15) is 5.10 Å². The van der Waals surface area contributed by atoms with Crippen molar-refractivity contribution in [3.63, 3.8) is 0 Å². The quantitative estimate of drug-likeness (QED) is 0.657. The molecule has 2 aromatic rings. The van der Waals surface area contributed by atoms with Crippen LogP contribution in [0.25, 0.3) is 0 Å². The van der Waals surface area contributed by atoms with Crippen molar-refractivity contribution in [2.75, 3.05) is 6.61 Å². The summed E-state index contributed by atoms with van der Waals surface area (Å²) >= 11 is 0. The van der Waals surface area contributed by atoms with Crippen LogP contribution in [0.4, 0.5) is 0 Å². The summed E-state index contributed by atoms with van der Waals surface area (Å²) in [7, 11) is 0. The number of carbonyl (C=O) groups excluding carboxylic acids is 1. The summed E-state index contributed by atoms with van der Waals surface area (Å²) in [6, 6.07) is 13.9. The predicted molar refractivity (Wildman–Crippen MR) is 93.0 cm³/mol. The second-order valence-corrected chi connectivity index (χ2v) is 5.50. The van der Waals surface area contributed by atoms with Crippen molar-refractivity contribution in [1.82, 2.24) is 5.43 Å². The Labute approximate surface area is 137 Å². The number of carbonyl (C=O) groups is 1. The molecule has 0 saturated heterocycles. The molecule has 2 aromatic carbocycles. The largest absolute Gasteiger partial charge is 0.484 e. The number of rotatable bonds is 6. The molecule has 0 fully saturated rings. The third-order valence-corrected chi connectivity index (χ3v) is 3.36. The van der Waals surface area contributed by atoms with Gasteiger partial charge in [0.15, 0.2) is 6.61 Å². The van der Waals surface area contributed by atoms with Crippen molar-refractivity contribution in [3.8, 4) is 5.75 Å². The fraction of sp³-hybridized carbons (Fsp3) is 0.263. The van der Waals surface area contributed by atoms with Gasteiger partial charge >= 0.3 is 0 Å². The van der Waals surface area contributed by atoms with Crippen LogP contribution in [-0.2, 0) is 11.2 Å². The second-order valence-electron chi connectivity index (χ2n) is 5.50. The fourth-order valence-electron chi connectivity index (χ4n) is 2.22. The first-order chi connectivity index (χ1) is 11.1. The molecule has 120 valence electrons. The molecule has 0 unspecified atom stereocenters. The molecule has 0 heterocycles. The summed E-state index contributed by atoms with van der Waals surface area (Å²) in [4.78, 5) is 11.7. The van der Waals surface area contributed by atoms with E-state index in [4.69, 9.17) is 4.74 Å². The average molecular weight is 310 g/mol. The molecule has 0 aliphatic heterocycles. The number of hydrogen-bond donors (Lipinski definition) is 1. The minimum absolute atomic E-state index is 0.0605. The van der Waals surface area contributed by atoms with E-state index in [0.717, 1.165) is 23.1 Å². The number of nitrogens with one attached hydrogen (secondary N) is 1. The molecule has 0 spiro atoms. The lowest BCUT2D eigenvalue weighted by Gasteiger charge is -2.07. The van der Waals surface area contributed by atoms with E-state index in [1.165, 1.54) is 5.56 Å². The molecule has 1 N–H and O–H groups in total. The van der Waals surface area contributed by atoms with E-state index in [2.05, 4.69) is 23.5 Å². The van der Waals surface area contributed by atoms with Crippen LogP contribution >= 0.6 is 0 Å². The number of hydrogen-bond acceptors (Lipinski definition) is 3. The molecule has 0 atom stereocenters. The van der Waals surface area contributed by atoms with Gasteiger partial charge in [-0.3, -0.25) is 4.79 Å². The molecule has 4 nitrogen and oxygen atoms in total. The summed E-state index contributed by atoms with van der Waals surface area (Å²) in [5.74, 6) is 0.405. The van der Waals surface area contributed by atoms with Crippen LogP contribution < -0.4 is 10.2 Å². The lowest BCUT2D eigenvalue weighted by Crippen LogP contribution is -2.24. The molecular formula is C19H22N2O2. The number of amides is 1. The van der Waals surface area contributed by atoms with Gasteiger partial charge in [-0.25, -0.2) is 5.43 Å². The molecule has 0 radical (unpaired) electrons. The zero-order valence-corrected chi connectivity index (χ0v) is 13.8. The number of nitrogens with zero attached hydrogens (tertiary/aromatic N) is 1. The molecule has 0 aliphatic rings. The molecule has 0 saturated carbocycles. The first kappa shape index (κ1) is 16.7. The standard InChI is InChI=1S/C19H22N2O2/c1-4-16-5-7-17(8-6-16)12-20-21-19(22)13-23-18-10-14(2)9-15(3)11-18/h5-12H,4,13H2,1-3H3,(H,21,22)/b20-12-. The van der Waals surface area contributed by atoms with Crippen molar-refractivity contribution < 1.29 is 9.53 Å². The van der Waals surface area contributed by atoms with Gasteiger partial charge in [-0.15, -0.1) is 0 Å². The topological polar surface area (TPSA) is 50.7 Å². The maximum Gasteiger partial charge on any atom is 0.277 e. The van der Waals surface area contributed by atoms with Crippen molar-refractivity contribution in [2.24, 2.45) is 5.10 Å². The van der Waals surface area contributed by atoms with Gasteiger partial charge in [0.1, 0.15) is 5.75 Å². The molecule has 0 bridgehead atoms. The van der Waals surface area contributed by atoms with Crippen LogP contribution in [0.15, 0.2) is 47.6 Å². The summed E-state index contributed by atoms with van der Waals surface area (Å²) in [5, 5.41) is 3.94. The molecule has 1 amide bonds. The molecule has 2 rings (SSSR count). The van der Waals surface area contributed by atoms with Crippen molar-refractivity contribution in [1.29, 1.82) is 0 Å². The third-order valence-electron chi connectivity index (χ3n) is 3.36. The number of benzene rings is 2. The maximum absolute atomic E-state index is 11.7. The van der Waals surface area contributed by atoms with Gasteiger partial charge in [-0.05, 0) is 54.7 Å². The third kappa shape index (κ3) is 5.58. The van der Waals surface area contributed by atoms with E-state index in [0.29, 0.717) is 5.75 Å². The SMILES string of the molecule is CCc1ccc(/C=N\NC(=O)COc2cc(C)cc(C)c2)cc1. The zero-order chi connectivity index (χ0) is 16.7. The lowest BCUT2D eigenvalue weighted by atomic mass is 10.1. The maximum atomic E-state index is 11.7. The molecule has 4 heteroatoms. The van der Waals surface area contributed by atoms with Crippen molar-refractivity contribution >= 4 is 12.1 Å². The van der Waals surface area contributed by atoms with Crippen LogP contribution in [0.3, 0.4) is 0 Å². The highest BCUT2D eigenvalue weighted by Crippen LogP contribution is 2.15. The van der Waals surface area contributed by atoms with E-state index in [9.17, 15) is 4.79 Å². The monoisotopic (exact) mass is 310 g/mol. The summed E-state index contributed by atoms with van der Waals surface area (Å²) in [5.41, 5.74) is 6.89. The van der Waals surface area contributed by atoms with E-state index >= 15 is 0 Å². The highest BCUT2D eigenvalue weighted by Gasteiger charge is 2.02. The smallest absolute Gasteiger partial charge is 0.277 e. The van der Waals surface area contributed by atoms with Crippen LogP contribution in [-0.4, -0.2) is 18.7 Å². The van der Waals surface area contributed by atoms with Gasteiger partial charge in [0.2, 0.25) is 0 Å². The number of ether oxygens (including phenoxy) is 1. The highest BCUT2D eigenvalue weighted by atomic mass is 16.5. The number of aryl methyl sites for hydroxylation is 3. The Morgan fingerprint density at radius 2 is 1.78 bits per heavy atom. The zero-order valence-electron chi connectivity index (χ0n) is 13.8. The lowest BCUT2D eigenvalue weighted by molar-refractivity contribution is -0.123. The predicted octanol–water partition coefficient (Wildman–Crippen LogP) is 3.39. The highest BCUT2D eigenvalue weighted by molar-refractivity contribution is 5.82. The Morgan fingerprint density at radius 3 is 2.39 bits per heavy atom. The minimum Gasteiger partial charge on any atom is -0.484 e. The Morgan fingerprint density at radius 1 is 1.13 bits per heavy atom. The van der Waals surface area contributed by atoms with Crippen LogP contribution in [0, 0.1) is 13.8 Å². The first-order valence-corrected chi connectivity index (χ1v) is 7.69. The van der Waals surface area contributed by atoms with Crippen LogP contribution in [0.1, 0.15) is 29.2 Å². The molecule has 0 aromatic heterocycles. The van der Waals surface area contributed by atoms with Gasteiger partial charge in [-0.1, -0.05) is 37.3 Å². The van der Waals surface area contributed by atoms with E-state index in [-0.39, 0.29) is 12.5 Å². The Bertz CT molecular complexity index is 671. The summed E-state index contributed by atoms with van der Waals surface area (Å²) < 4.78 is 5.48. The second kappa shape index (κ2) is 8.13. The van der Waals surface area contributed by atoms with E-state index < -0.39 is 0 Å². The normalized spacial score (nSPS) is 10.7. The summed E-state index contributed by atoms with van der Waals surface area (Å²) in [6.45, 7) is 6.04. The molecule has 0 aliphatic carbocycles.